The predicted octanol–water partition coefficient (Wildman–Crippen LogP) is 0.728. The smallest absolute Gasteiger partial charge is 0.239 e. The molecular formula is C19H22IN5O3S. The van der Waals surface area contributed by atoms with Gasteiger partial charge in [-0.1, -0.05) is 12.1 Å². The van der Waals surface area contributed by atoms with Crippen molar-refractivity contribution in [2.24, 2.45) is 5.73 Å². The van der Waals surface area contributed by atoms with Crippen LogP contribution >= 0.6 is 22.6 Å². The fourth-order valence-electron chi connectivity index (χ4n) is 3.80. The van der Waals surface area contributed by atoms with Crippen LogP contribution in [0.3, 0.4) is 0 Å². The minimum atomic E-state index is -3.15. The first-order valence-electron chi connectivity index (χ1n) is 9.39. The van der Waals surface area contributed by atoms with E-state index in [-0.39, 0.29) is 17.4 Å². The Morgan fingerprint density at radius 1 is 1.10 bits per heavy atom. The summed E-state index contributed by atoms with van der Waals surface area (Å²) in [5.41, 5.74) is 8.51. The van der Waals surface area contributed by atoms with E-state index in [1.165, 1.54) is 6.33 Å². The minimum Gasteiger partial charge on any atom is -0.353 e. The average Bonchev–Trinajstić information content (AvgIpc) is 3.03. The van der Waals surface area contributed by atoms with E-state index >= 15 is 0 Å². The molecular weight excluding hydrogens is 505 g/mol. The quantitative estimate of drug-likeness (QED) is 0.584. The number of hydrogen-bond acceptors (Lipinski definition) is 7. The summed E-state index contributed by atoms with van der Waals surface area (Å²) in [6.45, 7) is 2.24. The molecule has 1 fully saturated rings. The molecule has 0 saturated carbocycles. The van der Waals surface area contributed by atoms with Gasteiger partial charge in [0.1, 0.15) is 12.1 Å². The third-order valence-corrected chi connectivity index (χ3v) is 7.47. The zero-order valence-corrected chi connectivity index (χ0v) is 18.8. The lowest BCUT2D eigenvalue weighted by atomic mass is 10.1. The molecule has 1 atom stereocenters. The molecule has 2 N–H and O–H groups in total. The van der Waals surface area contributed by atoms with Gasteiger partial charge in [-0.05, 0) is 46.7 Å². The number of amides is 1. The Labute approximate surface area is 183 Å². The van der Waals surface area contributed by atoms with Gasteiger partial charge in [-0.3, -0.25) is 4.79 Å². The molecule has 8 nitrogen and oxygen atoms in total. The molecule has 1 saturated heterocycles. The SMILES string of the molecule is N[C@H](Cc1ccc(I)cc1)C(=O)N1CCN(c2ncnc3c2CS(=O)(=O)C3)CC1. The molecule has 1 amide bonds. The van der Waals surface area contributed by atoms with Crippen molar-refractivity contribution in [1.82, 2.24) is 14.9 Å². The molecule has 0 aliphatic carbocycles. The third-order valence-electron chi connectivity index (χ3n) is 5.31. The maximum absolute atomic E-state index is 12.8. The Kier molecular flexibility index (Phi) is 5.76. The van der Waals surface area contributed by atoms with Gasteiger partial charge < -0.3 is 15.5 Å². The van der Waals surface area contributed by atoms with E-state index in [4.69, 9.17) is 5.73 Å². The van der Waals surface area contributed by atoms with Crippen molar-refractivity contribution in [3.8, 4) is 0 Å². The summed E-state index contributed by atoms with van der Waals surface area (Å²) in [4.78, 5) is 25.0. The number of nitrogens with two attached hydrogens (primary N) is 1. The second-order valence-electron chi connectivity index (χ2n) is 7.40. The second kappa shape index (κ2) is 8.15. The topological polar surface area (TPSA) is 109 Å². The number of anilines is 1. The molecule has 0 unspecified atom stereocenters. The van der Waals surface area contributed by atoms with Gasteiger partial charge in [-0.2, -0.15) is 0 Å². The van der Waals surface area contributed by atoms with Crippen LogP contribution in [0.1, 0.15) is 16.8 Å². The van der Waals surface area contributed by atoms with Crippen LogP contribution in [0, 0.1) is 3.57 Å². The average molecular weight is 527 g/mol. The van der Waals surface area contributed by atoms with Crippen LogP contribution in [-0.2, 0) is 32.6 Å². The molecule has 1 aromatic carbocycles. The van der Waals surface area contributed by atoms with Crippen LogP contribution in [0.2, 0.25) is 0 Å². The van der Waals surface area contributed by atoms with Crippen LogP contribution < -0.4 is 10.6 Å². The summed E-state index contributed by atoms with van der Waals surface area (Å²) in [6.07, 6.45) is 1.93. The van der Waals surface area contributed by atoms with E-state index < -0.39 is 15.9 Å². The summed E-state index contributed by atoms with van der Waals surface area (Å²) in [7, 11) is -3.15. The van der Waals surface area contributed by atoms with Crippen molar-refractivity contribution in [1.29, 1.82) is 0 Å². The van der Waals surface area contributed by atoms with Crippen molar-refractivity contribution < 1.29 is 13.2 Å². The van der Waals surface area contributed by atoms with Gasteiger partial charge in [-0.25, -0.2) is 18.4 Å². The van der Waals surface area contributed by atoms with Crippen molar-refractivity contribution in [2.45, 2.75) is 24.0 Å². The lowest BCUT2D eigenvalue weighted by Gasteiger charge is -2.37. The largest absolute Gasteiger partial charge is 0.353 e. The van der Waals surface area contributed by atoms with Gasteiger partial charge in [0.25, 0.3) is 0 Å². The first kappa shape index (κ1) is 20.5. The number of nitrogens with zero attached hydrogens (tertiary/aromatic N) is 4. The Balaban J connectivity index is 1.38. The summed E-state index contributed by atoms with van der Waals surface area (Å²) in [6, 6.07) is 7.43. The van der Waals surface area contributed by atoms with Gasteiger partial charge in [0.05, 0.1) is 23.2 Å². The second-order valence-corrected chi connectivity index (χ2v) is 10.7. The number of rotatable bonds is 4. The highest BCUT2D eigenvalue weighted by Crippen LogP contribution is 2.30. The highest BCUT2D eigenvalue weighted by atomic mass is 127. The Morgan fingerprint density at radius 2 is 1.79 bits per heavy atom. The molecule has 0 bridgehead atoms. The van der Waals surface area contributed by atoms with Crippen molar-refractivity contribution in [2.75, 3.05) is 31.1 Å². The Morgan fingerprint density at radius 3 is 2.48 bits per heavy atom. The van der Waals surface area contributed by atoms with Crippen molar-refractivity contribution in [3.05, 3.63) is 51.0 Å². The molecule has 1 aromatic heterocycles. The van der Waals surface area contributed by atoms with Crippen LogP contribution in [0.4, 0.5) is 5.82 Å². The molecule has 10 heteroatoms. The van der Waals surface area contributed by atoms with Gasteiger partial charge in [0.15, 0.2) is 9.84 Å². The van der Waals surface area contributed by atoms with E-state index in [2.05, 4.69) is 32.6 Å². The molecule has 2 aromatic rings. The van der Waals surface area contributed by atoms with Crippen LogP contribution in [0.15, 0.2) is 30.6 Å². The molecule has 2 aliphatic heterocycles. The number of carbonyl (C=O) groups is 1. The summed E-state index contributed by atoms with van der Waals surface area (Å²) < 4.78 is 25.1. The number of aromatic nitrogens is 2. The standard InChI is InChI=1S/C19H22IN5O3S/c20-14-3-1-13(2-4-14)9-16(21)19(26)25-7-5-24(6-8-25)18-15-10-29(27,28)11-17(15)22-12-23-18/h1-4,12,16H,5-11,21H2/t16-/m1/s1. The van der Waals surface area contributed by atoms with Crippen LogP contribution in [0.5, 0.6) is 0 Å². The summed E-state index contributed by atoms with van der Waals surface area (Å²) >= 11 is 2.24. The summed E-state index contributed by atoms with van der Waals surface area (Å²) in [5.74, 6) is 0.576. The number of carbonyl (C=O) groups excluding carboxylic acids is 1. The van der Waals surface area contributed by atoms with E-state index in [1.54, 1.807) is 4.90 Å². The molecule has 3 heterocycles. The minimum absolute atomic E-state index is 0.0153. The zero-order chi connectivity index (χ0) is 20.6. The highest BCUT2D eigenvalue weighted by molar-refractivity contribution is 14.1. The van der Waals surface area contributed by atoms with Gasteiger partial charge in [0.2, 0.25) is 5.91 Å². The van der Waals surface area contributed by atoms with Crippen molar-refractivity contribution in [3.63, 3.8) is 0 Å². The van der Waals surface area contributed by atoms with E-state index in [0.29, 0.717) is 49.7 Å². The Hall–Kier alpha value is -1.79. The third kappa shape index (κ3) is 4.53. The maximum Gasteiger partial charge on any atom is 0.239 e. The van der Waals surface area contributed by atoms with Crippen LogP contribution in [0.25, 0.3) is 0 Å². The molecule has 29 heavy (non-hydrogen) atoms. The molecule has 4 rings (SSSR count). The lowest BCUT2D eigenvalue weighted by molar-refractivity contribution is -0.132. The number of hydrogen-bond donors (Lipinski definition) is 1. The molecule has 2 aliphatic rings. The lowest BCUT2D eigenvalue weighted by Crippen LogP contribution is -2.54. The molecule has 0 radical (unpaired) electrons. The summed E-state index contributed by atoms with van der Waals surface area (Å²) in [5, 5.41) is 0. The number of halogens is 1. The van der Waals surface area contributed by atoms with E-state index in [1.807, 2.05) is 29.2 Å². The normalized spacial score (nSPS) is 19.1. The number of fused-ring (bicyclic) bond motifs is 1. The van der Waals surface area contributed by atoms with E-state index in [9.17, 15) is 13.2 Å². The van der Waals surface area contributed by atoms with E-state index in [0.717, 1.165) is 9.13 Å². The van der Waals surface area contributed by atoms with Gasteiger partial charge >= 0.3 is 0 Å². The fourth-order valence-corrected chi connectivity index (χ4v) is 5.66. The fraction of sp³-hybridized carbons (Fsp3) is 0.421. The van der Waals surface area contributed by atoms with Gasteiger partial charge in [0, 0.05) is 35.3 Å². The van der Waals surface area contributed by atoms with Crippen LogP contribution in [-0.4, -0.2) is 61.4 Å². The first-order chi connectivity index (χ1) is 13.8. The highest BCUT2D eigenvalue weighted by Gasteiger charge is 2.32. The monoisotopic (exact) mass is 527 g/mol. The predicted molar refractivity (Wildman–Crippen MR) is 118 cm³/mol. The maximum atomic E-state index is 12.8. The van der Waals surface area contributed by atoms with Gasteiger partial charge in [-0.15, -0.1) is 0 Å². The number of piperazine rings is 1. The van der Waals surface area contributed by atoms with Crippen molar-refractivity contribution >= 4 is 44.2 Å². The molecule has 0 spiro atoms. The number of sulfone groups is 1. The molecule has 154 valence electrons. The zero-order valence-electron chi connectivity index (χ0n) is 15.8. The first-order valence-corrected chi connectivity index (χ1v) is 12.3. The Bertz CT molecular complexity index is 1020. The number of benzene rings is 1.